The molecule has 1 fully saturated rings. The third-order valence-corrected chi connectivity index (χ3v) is 6.02. The van der Waals surface area contributed by atoms with Gasteiger partial charge in [-0.05, 0) is 23.3 Å². The minimum Gasteiger partial charge on any atom is -0.460 e. The maximum Gasteiger partial charge on any atom is 0.324 e. The van der Waals surface area contributed by atoms with E-state index in [9.17, 15) is 24.8 Å². The summed E-state index contributed by atoms with van der Waals surface area (Å²) < 4.78 is 5.41. The van der Waals surface area contributed by atoms with Crippen molar-refractivity contribution in [2.24, 2.45) is 5.73 Å². The minimum atomic E-state index is -0.805. The highest BCUT2D eigenvalue weighted by atomic mass is 32.2. The Kier molecular flexibility index (Phi) is 6.47. The molecule has 2 aromatic carbocycles. The summed E-state index contributed by atoms with van der Waals surface area (Å²) in [5, 5.41) is 18.8. The third-order valence-electron chi connectivity index (χ3n) is 4.46. The molecule has 1 saturated heterocycles. The van der Waals surface area contributed by atoms with Crippen LogP contribution in [0, 0.1) is 10.1 Å². The van der Waals surface area contributed by atoms with Gasteiger partial charge >= 0.3 is 5.97 Å². The molecule has 9 nitrogen and oxygen atoms in total. The van der Waals surface area contributed by atoms with Crippen LogP contribution >= 0.6 is 11.8 Å². The van der Waals surface area contributed by atoms with Crippen LogP contribution in [0.15, 0.2) is 54.6 Å². The average molecular weight is 417 g/mol. The number of hydrogen-bond donors (Lipinski definition) is 2. The number of benzene rings is 2. The Labute approximate surface area is 170 Å². The Morgan fingerprint density at radius 1 is 1.24 bits per heavy atom. The van der Waals surface area contributed by atoms with Gasteiger partial charge in [-0.1, -0.05) is 30.3 Å². The molecule has 3 N–H and O–H groups in total. The molecule has 0 bridgehead atoms. The van der Waals surface area contributed by atoms with E-state index in [-0.39, 0.29) is 18.2 Å². The average Bonchev–Trinajstić information content (AvgIpc) is 2.75. The van der Waals surface area contributed by atoms with Gasteiger partial charge in [-0.3, -0.25) is 19.7 Å². The summed E-state index contributed by atoms with van der Waals surface area (Å²) in [6.45, 7) is -0.538. The van der Waals surface area contributed by atoms with E-state index in [1.54, 1.807) is 24.3 Å². The third kappa shape index (κ3) is 4.56. The van der Waals surface area contributed by atoms with E-state index in [4.69, 9.17) is 10.5 Å². The molecule has 0 radical (unpaired) electrons. The van der Waals surface area contributed by atoms with Gasteiger partial charge in [0.2, 0.25) is 5.91 Å². The Balaban J connectivity index is 1.71. The standard InChI is InChI=1S/C19H19N3O6S/c20-15-17(24)21(11-23)18(15)29-16(13-4-2-1-3-5-13)19(25)28-10-12-6-8-14(9-7-12)22(26)27/h1-9,15-16,18,23H,10-11,20H2/t15-,16?,18-/m1/s1. The first kappa shape index (κ1) is 20.8. The molecule has 1 heterocycles. The van der Waals surface area contributed by atoms with Crippen LogP contribution in [0.4, 0.5) is 5.69 Å². The smallest absolute Gasteiger partial charge is 0.324 e. The number of nitro benzene ring substituents is 1. The van der Waals surface area contributed by atoms with Crippen molar-refractivity contribution in [1.82, 2.24) is 4.90 Å². The van der Waals surface area contributed by atoms with Crippen LogP contribution < -0.4 is 5.73 Å². The molecule has 1 aliphatic heterocycles. The fourth-order valence-electron chi connectivity index (χ4n) is 2.84. The number of β-lactam (4-membered cyclic amide) rings is 1. The molecule has 3 rings (SSSR count). The second-order valence-electron chi connectivity index (χ2n) is 6.32. The predicted molar refractivity (Wildman–Crippen MR) is 105 cm³/mol. The lowest BCUT2D eigenvalue weighted by molar-refractivity contribution is -0.384. The number of rotatable bonds is 8. The van der Waals surface area contributed by atoms with E-state index < -0.39 is 34.3 Å². The van der Waals surface area contributed by atoms with Crippen molar-refractivity contribution < 1.29 is 24.4 Å². The number of amides is 1. The van der Waals surface area contributed by atoms with E-state index >= 15 is 0 Å². The van der Waals surface area contributed by atoms with Crippen molar-refractivity contribution >= 4 is 29.3 Å². The number of non-ortho nitro benzene ring substituents is 1. The molecular formula is C19H19N3O6S. The van der Waals surface area contributed by atoms with E-state index in [1.165, 1.54) is 29.2 Å². The molecular weight excluding hydrogens is 398 g/mol. The molecule has 0 aromatic heterocycles. The molecule has 0 aliphatic carbocycles. The molecule has 152 valence electrons. The number of esters is 1. The van der Waals surface area contributed by atoms with Crippen molar-refractivity contribution in [3.05, 3.63) is 75.8 Å². The van der Waals surface area contributed by atoms with Gasteiger partial charge in [0.25, 0.3) is 5.69 Å². The lowest BCUT2D eigenvalue weighted by Crippen LogP contribution is -2.67. The molecule has 1 amide bonds. The molecule has 10 heteroatoms. The summed E-state index contributed by atoms with van der Waals surface area (Å²) in [4.78, 5) is 35.9. The van der Waals surface area contributed by atoms with Crippen molar-refractivity contribution in [3.63, 3.8) is 0 Å². The number of likely N-dealkylation sites (tertiary alicyclic amines) is 1. The number of nitrogens with zero attached hydrogens (tertiary/aromatic N) is 2. The SMILES string of the molecule is N[C@@H]1C(=O)N(CO)[C@@H]1SC(C(=O)OCc1ccc([N+](=O)[O-])cc1)c1ccccc1. The first-order chi connectivity index (χ1) is 13.9. The van der Waals surface area contributed by atoms with Crippen LogP contribution in [0.5, 0.6) is 0 Å². The van der Waals surface area contributed by atoms with Crippen molar-refractivity contribution in [1.29, 1.82) is 0 Å². The first-order valence-electron chi connectivity index (χ1n) is 8.69. The lowest BCUT2D eigenvalue weighted by atomic mass is 10.1. The zero-order valence-electron chi connectivity index (χ0n) is 15.2. The van der Waals surface area contributed by atoms with Crippen LogP contribution in [0.2, 0.25) is 0 Å². The Morgan fingerprint density at radius 2 is 1.90 bits per heavy atom. The quantitative estimate of drug-likeness (QED) is 0.286. The Hall–Kier alpha value is -2.95. The molecule has 3 atom stereocenters. The highest BCUT2D eigenvalue weighted by Gasteiger charge is 2.47. The highest BCUT2D eigenvalue weighted by Crippen LogP contribution is 2.40. The second kappa shape index (κ2) is 9.03. The summed E-state index contributed by atoms with van der Waals surface area (Å²) in [6, 6.07) is 13.8. The van der Waals surface area contributed by atoms with Crippen molar-refractivity contribution in [2.75, 3.05) is 6.73 Å². The number of nitrogens with two attached hydrogens (primary N) is 1. The van der Waals surface area contributed by atoms with Gasteiger partial charge in [-0.25, -0.2) is 0 Å². The van der Waals surface area contributed by atoms with E-state index in [1.807, 2.05) is 6.07 Å². The zero-order valence-corrected chi connectivity index (χ0v) is 16.0. The highest BCUT2D eigenvalue weighted by molar-refractivity contribution is 8.00. The lowest BCUT2D eigenvalue weighted by Gasteiger charge is -2.44. The van der Waals surface area contributed by atoms with E-state index in [0.29, 0.717) is 11.1 Å². The summed E-state index contributed by atoms with van der Waals surface area (Å²) in [7, 11) is 0. The number of aliphatic hydroxyl groups excluding tert-OH is 1. The van der Waals surface area contributed by atoms with Crippen LogP contribution in [0.3, 0.4) is 0 Å². The predicted octanol–water partition coefficient (Wildman–Crippen LogP) is 1.56. The van der Waals surface area contributed by atoms with E-state index in [2.05, 4.69) is 0 Å². The second-order valence-corrected chi connectivity index (χ2v) is 7.55. The topological polar surface area (TPSA) is 136 Å². The van der Waals surface area contributed by atoms with Gasteiger partial charge in [0.1, 0.15) is 30.0 Å². The molecule has 2 aromatic rings. The number of thioether (sulfide) groups is 1. The van der Waals surface area contributed by atoms with Crippen molar-refractivity contribution in [2.45, 2.75) is 23.3 Å². The van der Waals surface area contributed by atoms with Gasteiger partial charge in [-0.15, -0.1) is 11.8 Å². The summed E-state index contributed by atoms with van der Waals surface area (Å²) >= 11 is 1.13. The number of hydrogen-bond acceptors (Lipinski definition) is 8. The summed E-state index contributed by atoms with van der Waals surface area (Å²) in [5.74, 6) is -0.917. The van der Waals surface area contributed by atoms with Crippen LogP contribution in [-0.2, 0) is 20.9 Å². The monoisotopic (exact) mass is 417 g/mol. The number of nitro groups is 1. The van der Waals surface area contributed by atoms with Crippen LogP contribution in [-0.4, -0.2) is 45.0 Å². The molecule has 0 spiro atoms. The minimum absolute atomic E-state index is 0.0504. The van der Waals surface area contributed by atoms with E-state index in [0.717, 1.165) is 11.8 Å². The molecule has 29 heavy (non-hydrogen) atoms. The largest absolute Gasteiger partial charge is 0.460 e. The summed E-state index contributed by atoms with van der Waals surface area (Å²) in [5.41, 5.74) is 7.06. The Bertz CT molecular complexity index is 893. The maximum absolute atomic E-state index is 12.8. The summed E-state index contributed by atoms with van der Waals surface area (Å²) in [6.07, 6.45) is 0. The van der Waals surface area contributed by atoms with Gasteiger partial charge < -0.3 is 20.5 Å². The molecule has 0 saturated carbocycles. The number of carbonyl (C=O) groups is 2. The van der Waals surface area contributed by atoms with Gasteiger partial charge in [0.05, 0.1) is 4.92 Å². The van der Waals surface area contributed by atoms with Crippen molar-refractivity contribution in [3.8, 4) is 0 Å². The molecule has 1 aliphatic rings. The number of ether oxygens (including phenoxy) is 1. The fourth-order valence-corrected chi connectivity index (χ4v) is 4.22. The molecule has 1 unspecified atom stereocenters. The fraction of sp³-hybridized carbons (Fsp3) is 0.263. The maximum atomic E-state index is 12.8. The van der Waals surface area contributed by atoms with Crippen LogP contribution in [0.1, 0.15) is 16.4 Å². The number of aliphatic hydroxyl groups is 1. The number of carbonyl (C=O) groups excluding carboxylic acids is 2. The normalized spacial score (nSPS) is 19.4. The Morgan fingerprint density at radius 3 is 2.48 bits per heavy atom. The first-order valence-corrected chi connectivity index (χ1v) is 9.64. The zero-order chi connectivity index (χ0) is 21.0. The van der Waals surface area contributed by atoms with Gasteiger partial charge in [0, 0.05) is 12.1 Å². The van der Waals surface area contributed by atoms with Gasteiger partial charge in [-0.2, -0.15) is 0 Å². The van der Waals surface area contributed by atoms with Crippen LogP contribution in [0.25, 0.3) is 0 Å². The van der Waals surface area contributed by atoms with Gasteiger partial charge in [0.15, 0.2) is 0 Å².